The van der Waals surface area contributed by atoms with Crippen LogP contribution in [0, 0.1) is 6.92 Å². The molecular formula is C17H18N4OS. The van der Waals surface area contributed by atoms with Crippen LogP contribution >= 0.6 is 11.5 Å². The number of piperidine rings is 1. The summed E-state index contributed by atoms with van der Waals surface area (Å²) >= 11 is 1.48. The average Bonchev–Trinajstić information content (AvgIpc) is 3.27. The molecule has 0 unspecified atom stereocenters. The summed E-state index contributed by atoms with van der Waals surface area (Å²) in [6.07, 6.45) is 5.48. The van der Waals surface area contributed by atoms with Gasteiger partial charge in [-0.3, -0.25) is 0 Å². The van der Waals surface area contributed by atoms with Crippen molar-refractivity contribution in [3.63, 3.8) is 0 Å². The van der Waals surface area contributed by atoms with E-state index >= 15 is 0 Å². The van der Waals surface area contributed by atoms with Crippen LogP contribution in [0.5, 0.6) is 0 Å². The third-order valence-corrected chi connectivity index (χ3v) is 5.09. The number of benzene rings is 1. The fraction of sp³-hybridized carbons (Fsp3) is 0.353. The Bertz CT molecular complexity index is 776. The molecule has 23 heavy (non-hydrogen) atoms. The van der Waals surface area contributed by atoms with Crippen molar-refractivity contribution in [1.82, 2.24) is 14.3 Å². The lowest BCUT2D eigenvalue weighted by Crippen LogP contribution is -2.32. The van der Waals surface area contributed by atoms with E-state index in [1.807, 2.05) is 12.3 Å². The highest BCUT2D eigenvalue weighted by atomic mass is 32.1. The third kappa shape index (κ3) is 2.99. The van der Waals surface area contributed by atoms with E-state index in [9.17, 15) is 0 Å². The lowest BCUT2D eigenvalue weighted by molar-refractivity contribution is 0.405. The average molecular weight is 326 g/mol. The van der Waals surface area contributed by atoms with Gasteiger partial charge in [0.2, 0.25) is 5.13 Å². The zero-order chi connectivity index (χ0) is 15.6. The summed E-state index contributed by atoms with van der Waals surface area (Å²) in [6, 6.07) is 8.33. The minimum absolute atomic E-state index is 0.470. The molecule has 0 N–H and O–H groups in total. The number of oxazole rings is 1. The van der Waals surface area contributed by atoms with E-state index in [2.05, 4.69) is 39.4 Å². The third-order valence-electron chi connectivity index (χ3n) is 4.31. The largest absolute Gasteiger partial charge is 0.448 e. The number of aromatic nitrogens is 3. The molecule has 2 aromatic heterocycles. The van der Waals surface area contributed by atoms with Gasteiger partial charge in [0, 0.05) is 36.1 Å². The first-order chi connectivity index (χ1) is 11.3. The van der Waals surface area contributed by atoms with Gasteiger partial charge in [-0.05, 0) is 25.8 Å². The van der Waals surface area contributed by atoms with E-state index < -0.39 is 0 Å². The Morgan fingerprint density at radius 3 is 2.87 bits per heavy atom. The maximum absolute atomic E-state index is 5.43. The Kier molecular flexibility index (Phi) is 3.83. The predicted molar refractivity (Wildman–Crippen MR) is 90.8 cm³/mol. The first-order valence-corrected chi connectivity index (χ1v) is 8.61. The highest BCUT2D eigenvalue weighted by Crippen LogP contribution is 2.32. The highest BCUT2D eigenvalue weighted by molar-refractivity contribution is 7.09. The summed E-state index contributed by atoms with van der Waals surface area (Å²) < 4.78 is 9.96. The van der Waals surface area contributed by atoms with Crippen LogP contribution in [0.4, 0.5) is 5.13 Å². The summed E-state index contributed by atoms with van der Waals surface area (Å²) in [6.45, 7) is 4.05. The van der Waals surface area contributed by atoms with E-state index in [-0.39, 0.29) is 0 Å². The van der Waals surface area contributed by atoms with Gasteiger partial charge in [0.1, 0.15) is 5.76 Å². The molecule has 1 aliphatic rings. The van der Waals surface area contributed by atoms with Gasteiger partial charge in [-0.15, -0.1) is 0 Å². The molecule has 118 valence electrons. The van der Waals surface area contributed by atoms with Crippen LogP contribution in [0.15, 0.2) is 41.3 Å². The number of hydrogen-bond donors (Lipinski definition) is 0. The smallest absolute Gasteiger partial charge is 0.205 e. The van der Waals surface area contributed by atoms with Gasteiger partial charge in [-0.1, -0.05) is 23.8 Å². The molecule has 0 aliphatic carbocycles. The molecule has 0 bridgehead atoms. The van der Waals surface area contributed by atoms with E-state index in [4.69, 9.17) is 9.40 Å². The van der Waals surface area contributed by atoms with E-state index in [0.717, 1.165) is 48.2 Å². The first-order valence-electron chi connectivity index (χ1n) is 7.84. The standard InChI is InChI=1S/C17H18N4OS/c1-12-3-2-4-14(9-12)16-19-17(23-20-16)21-7-5-13(6-8-21)15-10-18-11-22-15/h2-4,9-11,13H,5-8H2,1H3. The zero-order valence-corrected chi connectivity index (χ0v) is 13.8. The van der Waals surface area contributed by atoms with Crippen LogP contribution in [0.2, 0.25) is 0 Å². The van der Waals surface area contributed by atoms with E-state index in [0.29, 0.717) is 5.92 Å². The van der Waals surface area contributed by atoms with Crippen molar-refractivity contribution in [1.29, 1.82) is 0 Å². The van der Waals surface area contributed by atoms with Gasteiger partial charge in [0.25, 0.3) is 0 Å². The van der Waals surface area contributed by atoms with Gasteiger partial charge >= 0.3 is 0 Å². The second kappa shape index (κ2) is 6.12. The van der Waals surface area contributed by atoms with Crippen LogP contribution in [0.25, 0.3) is 11.4 Å². The fourth-order valence-corrected chi connectivity index (χ4v) is 3.77. The molecule has 5 nitrogen and oxygen atoms in total. The Morgan fingerprint density at radius 1 is 1.26 bits per heavy atom. The minimum Gasteiger partial charge on any atom is -0.448 e. The van der Waals surface area contributed by atoms with Gasteiger partial charge in [-0.25, -0.2) is 4.98 Å². The van der Waals surface area contributed by atoms with Crippen molar-refractivity contribution in [3.05, 3.63) is 48.2 Å². The summed E-state index contributed by atoms with van der Waals surface area (Å²) in [5.41, 5.74) is 2.32. The van der Waals surface area contributed by atoms with Crippen molar-refractivity contribution >= 4 is 16.7 Å². The number of anilines is 1. The van der Waals surface area contributed by atoms with Crippen molar-refractivity contribution in [2.24, 2.45) is 0 Å². The van der Waals surface area contributed by atoms with Gasteiger partial charge in [0.05, 0.1) is 6.20 Å². The lowest BCUT2D eigenvalue weighted by atomic mass is 9.95. The molecule has 1 saturated heterocycles. The molecule has 0 radical (unpaired) electrons. The first kappa shape index (κ1) is 14.4. The summed E-state index contributed by atoms with van der Waals surface area (Å²) in [4.78, 5) is 11.1. The van der Waals surface area contributed by atoms with E-state index in [1.54, 1.807) is 0 Å². The summed E-state index contributed by atoms with van der Waals surface area (Å²) in [5.74, 6) is 2.30. The Hall–Kier alpha value is -2.21. The number of nitrogens with zero attached hydrogens (tertiary/aromatic N) is 4. The second-order valence-electron chi connectivity index (χ2n) is 5.94. The maximum Gasteiger partial charge on any atom is 0.205 e. The SMILES string of the molecule is Cc1cccc(-c2nsc(N3CCC(c4cnco4)CC3)n2)c1. The van der Waals surface area contributed by atoms with Crippen molar-refractivity contribution in [2.45, 2.75) is 25.7 Å². The quantitative estimate of drug-likeness (QED) is 0.731. The normalized spacial score (nSPS) is 16.0. The molecule has 0 atom stereocenters. The monoisotopic (exact) mass is 326 g/mol. The molecule has 3 heterocycles. The Morgan fingerprint density at radius 2 is 2.13 bits per heavy atom. The van der Waals surface area contributed by atoms with Crippen molar-refractivity contribution in [3.8, 4) is 11.4 Å². The Balaban J connectivity index is 1.46. The van der Waals surface area contributed by atoms with Gasteiger partial charge < -0.3 is 9.32 Å². The number of hydrogen-bond acceptors (Lipinski definition) is 6. The minimum atomic E-state index is 0.470. The molecule has 1 aromatic carbocycles. The van der Waals surface area contributed by atoms with Crippen LogP contribution in [-0.4, -0.2) is 27.4 Å². The van der Waals surface area contributed by atoms with Crippen LogP contribution in [-0.2, 0) is 0 Å². The highest BCUT2D eigenvalue weighted by Gasteiger charge is 2.24. The maximum atomic E-state index is 5.43. The molecule has 6 heteroatoms. The van der Waals surface area contributed by atoms with E-state index in [1.165, 1.54) is 23.5 Å². The molecule has 4 rings (SSSR count). The lowest BCUT2D eigenvalue weighted by Gasteiger charge is -2.30. The summed E-state index contributed by atoms with van der Waals surface area (Å²) in [5, 5.41) is 1.01. The topological polar surface area (TPSA) is 55.1 Å². The molecule has 0 amide bonds. The molecule has 3 aromatic rings. The molecule has 1 fully saturated rings. The zero-order valence-electron chi connectivity index (χ0n) is 13.0. The molecule has 1 aliphatic heterocycles. The van der Waals surface area contributed by atoms with Crippen molar-refractivity contribution < 1.29 is 4.42 Å². The van der Waals surface area contributed by atoms with Gasteiger partial charge in [0.15, 0.2) is 12.2 Å². The van der Waals surface area contributed by atoms with Crippen LogP contribution in [0.3, 0.4) is 0 Å². The van der Waals surface area contributed by atoms with Crippen LogP contribution < -0.4 is 4.90 Å². The number of rotatable bonds is 3. The fourth-order valence-electron chi connectivity index (χ4n) is 3.03. The molecule has 0 saturated carbocycles. The Labute approximate surface area is 139 Å². The van der Waals surface area contributed by atoms with Gasteiger partial charge in [-0.2, -0.15) is 9.36 Å². The number of aryl methyl sites for hydroxylation is 1. The predicted octanol–water partition coefficient (Wildman–Crippen LogP) is 3.89. The molecule has 0 spiro atoms. The van der Waals surface area contributed by atoms with Crippen LogP contribution in [0.1, 0.15) is 30.1 Å². The summed E-state index contributed by atoms with van der Waals surface area (Å²) in [7, 11) is 0. The molecular weight excluding hydrogens is 308 g/mol. The van der Waals surface area contributed by atoms with Crippen molar-refractivity contribution in [2.75, 3.05) is 18.0 Å². The second-order valence-corrected chi connectivity index (χ2v) is 6.67.